The Balaban J connectivity index is 2.24. The number of hydrogen-bond acceptors (Lipinski definition) is 4. The minimum Gasteiger partial charge on any atom is -0.446 e. The Bertz CT molecular complexity index is 422. The van der Waals surface area contributed by atoms with Gasteiger partial charge in [0.05, 0.1) is 5.69 Å². The summed E-state index contributed by atoms with van der Waals surface area (Å²) in [5.74, 6) is 1.31. The molecule has 0 aliphatic rings. The van der Waals surface area contributed by atoms with Crippen LogP contribution in [0.4, 0.5) is 0 Å². The second kappa shape index (κ2) is 3.98. The van der Waals surface area contributed by atoms with Crippen LogP contribution in [-0.4, -0.2) is 12.2 Å². The molecule has 0 radical (unpaired) electrons. The van der Waals surface area contributed by atoms with Crippen molar-refractivity contribution in [2.75, 3.05) is 7.05 Å². The van der Waals surface area contributed by atoms with E-state index in [2.05, 4.69) is 26.4 Å². The molecule has 0 amide bonds. The maximum atomic E-state index is 5.32. The summed E-state index contributed by atoms with van der Waals surface area (Å²) < 4.78 is 11.1. The Kier molecular flexibility index (Phi) is 2.69. The van der Waals surface area contributed by atoms with Gasteiger partial charge in [-0.1, -0.05) is 5.16 Å². The SMILES string of the molecule is CNCc1cc(-c2ccc(Br)o2)on1. The maximum Gasteiger partial charge on any atom is 0.202 e. The number of halogens is 1. The lowest BCUT2D eigenvalue weighted by Gasteiger charge is -1.87. The second-order valence-electron chi connectivity index (χ2n) is 2.82. The summed E-state index contributed by atoms with van der Waals surface area (Å²) in [5.41, 5.74) is 0.857. The average molecular weight is 257 g/mol. The molecule has 0 unspecified atom stereocenters. The largest absolute Gasteiger partial charge is 0.446 e. The molecule has 0 saturated heterocycles. The summed E-state index contributed by atoms with van der Waals surface area (Å²) in [5, 5.41) is 6.87. The van der Waals surface area contributed by atoms with Crippen molar-refractivity contribution < 1.29 is 8.94 Å². The van der Waals surface area contributed by atoms with Crippen LogP contribution in [0.5, 0.6) is 0 Å². The van der Waals surface area contributed by atoms with Gasteiger partial charge in [-0.15, -0.1) is 0 Å². The fraction of sp³-hybridized carbons (Fsp3) is 0.222. The van der Waals surface area contributed by atoms with Gasteiger partial charge in [-0.25, -0.2) is 0 Å². The Hall–Kier alpha value is -1.07. The van der Waals surface area contributed by atoms with Crippen LogP contribution in [-0.2, 0) is 6.54 Å². The number of aromatic nitrogens is 1. The molecule has 0 aromatic carbocycles. The van der Waals surface area contributed by atoms with Gasteiger partial charge in [0, 0.05) is 12.6 Å². The predicted octanol–water partition coefficient (Wildman–Crippen LogP) is 2.42. The molecule has 2 aromatic rings. The van der Waals surface area contributed by atoms with Crippen molar-refractivity contribution in [3.63, 3.8) is 0 Å². The number of rotatable bonds is 3. The van der Waals surface area contributed by atoms with Gasteiger partial charge in [0.15, 0.2) is 10.4 Å². The highest BCUT2D eigenvalue weighted by atomic mass is 79.9. The Labute approximate surface area is 89.4 Å². The number of hydrogen-bond donors (Lipinski definition) is 1. The minimum atomic E-state index is 0.640. The van der Waals surface area contributed by atoms with Crippen molar-refractivity contribution in [2.45, 2.75) is 6.54 Å². The molecule has 0 atom stereocenters. The lowest BCUT2D eigenvalue weighted by Crippen LogP contribution is -2.04. The highest BCUT2D eigenvalue weighted by molar-refractivity contribution is 9.10. The zero-order valence-corrected chi connectivity index (χ0v) is 9.17. The van der Waals surface area contributed by atoms with Gasteiger partial charge in [-0.3, -0.25) is 0 Å². The van der Waals surface area contributed by atoms with Crippen molar-refractivity contribution >= 4 is 15.9 Å². The van der Waals surface area contributed by atoms with E-state index in [0.717, 1.165) is 5.69 Å². The maximum absolute atomic E-state index is 5.32. The Morgan fingerprint density at radius 2 is 2.29 bits per heavy atom. The zero-order chi connectivity index (χ0) is 9.97. The van der Waals surface area contributed by atoms with E-state index < -0.39 is 0 Å². The molecular formula is C9H9BrN2O2. The van der Waals surface area contributed by atoms with E-state index in [9.17, 15) is 0 Å². The first-order chi connectivity index (χ1) is 6.79. The molecule has 2 rings (SSSR count). The fourth-order valence-electron chi connectivity index (χ4n) is 1.14. The van der Waals surface area contributed by atoms with Gasteiger partial charge in [-0.2, -0.15) is 0 Å². The van der Waals surface area contributed by atoms with Crippen molar-refractivity contribution in [1.82, 2.24) is 10.5 Å². The fourth-order valence-corrected chi connectivity index (χ4v) is 1.45. The highest BCUT2D eigenvalue weighted by Crippen LogP contribution is 2.25. The smallest absolute Gasteiger partial charge is 0.202 e. The predicted molar refractivity (Wildman–Crippen MR) is 54.7 cm³/mol. The summed E-state index contributed by atoms with van der Waals surface area (Å²) in [6, 6.07) is 5.49. The van der Waals surface area contributed by atoms with Crippen LogP contribution in [0.1, 0.15) is 5.69 Å². The zero-order valence-electron chi connectivity index (χ0n) is 7.58. The quantitative estimate of drug-likeness (QED) is 0.917. The molecule has 0 aliphatic heterocycles. The average Bonchev–Trinajstić information content (AvgIpc) is 2.74. The Morgan fingerprint density at radius 1 is 1.43 bits per heavy atom. The van der Waals surface area contributed by atoms with E-state index >= 15 is 0 Å². The molecule has 14 heavy (non-hydrogen) atoms. The minimum absolute atomic E-state index is 0.640. The van der Waals surface area contributed by atoms with E-state index in [1.807, 2.05) is 25.2 Å². The summed E-state index contributed by atoms with van der Waals surface area (Å²) in [7, 11) is 1.86. The molecule has 0 spiro atoms. The molecule has 2 heterocycles. The van der Waals surface area contributed by atoms with Crippen molar-refractivity contribution in [1.29, 1.82) is 0 Å². The normalized spacial score (nSPS) is 10.7. The van der Waals surface area contributed by atoms with Crippen LogP contribution >= 0.6 is 15.9 Å². The van der Waals surface area contributed by atoms with Crippen molar-refractivity contribution in [3.8, 4) is 11.5 Å². The van der Waals surface area contributed by atoms with Crippen LogP contribution in [0, 0.1) is 0 Å². The third kappa shape index (κ3) is 1.88. The van der Waals surface area contributed by atoms with Crippen molar-refractivity contribution in [2.24, 2.45) is 0 Å². The molecule has 0 saturated carbocycles. The molecule has 4 nitrogen and oxygen atoms in total. The number of nitrogens with zero attached hydrogens (tertiary/aromatic N) is 1. The second-order valence-corrected chi connectivity index (χ2v) is 3.60. The molecular weight excluding hydrogens is 248 g/mol. The monoisotopic (exact) mass is 256 g/mol. The summed E-state index contributed by atoms with van der Waals surface area (Å²) >= 11 is 3.23. The van der Waals surface area contributed by atoms with E-state index in [-0.39, 0.29) is 0 Å². The van der Waals surface area contributed by atoms with E-state index in [1.54, 1.807) is 0 Å². The number of furan rings is 1. The molecule has 0 fully saturated rings. The van der Waals surface area contributed by atoms with Gasteiger partial charge in [0.25, 0.3) is 0 Å². The summed E-state index contributed by atoms with van der Waals surface area (Å²) in [4.78, 5) is 0. The molecule has 0 bridgehead atoms. The van der Waals surface area contributed by atoms with Crippen LogP contribution in [0.25, 0.3) is 11.5 Å². The highest BCUT2D eigenvalue weighted by Gasteiger charge is 2.09. The van der Waals surface area contributed by atoms with Gasteiger partial charge in [0.1, 0.15) is 0 Å². The summed E-state index contributed by atoms with van der Waals surface area (Å²) in [6.07, 6.45) is 0. The van der Waals surface area contributed by atoms with Crippen LogP contribution in [0.3, 0.4) is 0 Å². The van der Waals surface area contributed by atoms with Gasteiger partial charge < -0.3 is 14.3 Å². The third-order valence-electron chi connectivity index (χ3n) is 1.73. The topological polar surface area (TPSA) is 51.2 Å². The summed E-state index contributed by atoms with van der Waals surface area (Å²) in [6.45, 7) is 0.686. The molecule has 0 aliphatic carbocycles. The van der Waals surface area contributed by atoms with E-state index in [4.69, 9.17) is 8.94 Å². The molecule has 2 aromatic heterocycles. The first-order valence-corrected chi connectivity index (χ1v) is 4.95. The third-order valence-corrected chi connectivity index (χ3v) is 2.16. The molecule has 1 N–H and O–H groups in total. The Morgan fingerprint density at radius 3 is 2.93 bits per heavy atom. The first kappa shape index (κ1) is 9.48. The van der Waals surface area contributed by atoms with Crippen molar-refractivity contribution in [3.05, 3.63) is 28.6 Å². The van der Waals surface area contributed by atoms with Gasteiger partial charge in [-0.05, 0) is 35.1 Å². The van der Waals surface area contributed by atoms with Gasteiger partial charge >= 0.3 is 0 Å². The molecule has 5 heteroatoms. The lowest BCUT2D eigenvalue weighted by atomic mass is 10.3. The first-order valence-electron chi connectivity index (χ1n) is 4.15. The van der Waals surface area contributed by atoms with Gasteiger partial charge in [0.2, 0.25) is 5.76 Å². The lowest BCUT2D eigenvalue weighted by molar-refractivity contribution is 0.407. The van der Waals surface area contributed by atoms with E-state index in [1.165, 1.54) is 0 Å². The van der Waals surface area contributed by atoms with Crippen LogP contribution < -0.4 is 5.32 Å². The van der Waals surface area contributed by atoms with Crippen LogP contribution in [0.15, 0.2) is 31.8 Å². The van der Waals surface area contributed by atoms with E-state index in [0.29, 0.717) is 22.7 Å². The molecule has 74 valence electrons. The van der Waals surface area contributed by atoms with Crippen LogP contribution in [0.2, 0.25) is 0 Å². The standard InChI is InChI=1S/C9H9BrN2O2/c1-11-5-6-4-8(14-12-6)7-2-3-9(10)13-7/h2-4,11H,5H2,1H3. The number of nitrogens with one attached hydrogen (secondary N) is 1.